The molecule has 1 aliphatic rings. The summed E-state index contributed by atoms with van der Waals surface area (Å²) in [6.45, 7) is 1.32. The van der Waals surface area contributed by atoms with E-state index in [1.54, 1.807) is 6.92 Å². The Morgan fingerprint density at radius 2 is 2.23 bits per heavy atom. The van der Waals surface area contributed by atoms with E-state index < -0.39 is 42.5 Å². The number of quaternary nitrogens is 1. The molecule has 1 aliphatic heterocycles. The first-order chi connectivity index (χ1) is 10.3. The lowest BCUT2D eigenvalue weighted by molar-refractivity contribution is -0.403. The van der Waals surface area contributed by atoms with Gasteiger partial charge in [-0.25, -0.2) is 14.5 Å². The molecule has 1 fully saturated rings. The molecular weight excluding hydrogens is 298 g/mol. The number of aliphatic hydroxyl groups excluding tert-OH is 2. The second kappa shape index (κ2) is 6.36. The standard InChI is InChI=1S/C11H17N5O6/c1-4(12)11(20)21-2-5-6(17)7(18)10(22-5)16-3-14-9(15-16)8(13)19/h3-7,10,17-18H,2,12H2,1H3,(H2,13,19)/p+1/t4-,5?,6?,7-,10?/m1/s1. The van der Waals surface area contributed by atoms with Gasteiger partial charge in [0.2, 0.25) is 5.82 Å². The molecule has 0 bridgehead atoms. The quantitative estimate of drug-likeness (QED) is 0.399. The molecule has 1 aromatic rings. The molecule has 2 rings (SSSR count). The zero-order chi connectivity index (χ0) is 16.4. The molecule has 11 nitrogen and oxygen atoms in total. The number of carbonyl (C=O) groups is 2. The van der Waals surface area contributed by atoms with Crippen molar-refractivity contribution < 1.29 is 35.0 Å². The summed E-state index contributed by atoms with van der Waals surface area (Å²) in [5, 5.41) is 23.6. The van der Waals surface area contributed by atoms with E-state index in [0.29, 0.717) is 0 Å². The van der Waals surface area contributed by atoms with Crippen LogP contribution in [0.5, 0.6) is 0 Å². The maximum Gasteiger partial charge on any atom is 0.364 e. The Balaban J connectivity index is 2.03. The molecule has 22 heavy (non-hydrogen) atoms. The molecular formula is C11H18N5O6+. The molecule has 1 aromatic heterocycles. The molecule has 0 aliphatic carbocycles. The van der Waals surface area contributed by atoms with Gasteiger partial charge in [0.15, 0.2) is 12.3 Å². The Hall–Kier alpha value is -2.08. The lowest BCUT2D eigenvalue weighted by Gasteiger charge is -2.14. The number of amides is 1. The van der Waals surface area contributed by atoms with E-state index in [0.717, 1.165) is 11.0 Å². The van der Waals surface area contributed by atoms with E-state index in [-0.39, 0.29) is 12.4 Å². The number of hydrogen-bond donors (Lipinski definition) is 4. The first-order valence-corrected chi connectivity index (χ1v) is 6.53. The van der Waals surface area contributed by atoms with Gasteiger partial charge in [-0.2, -0.15) is 0 Å². The fourth-order valence-corrected chi connectivity index (χ4v) is 1.90. The SMILES string of the molecule is C[C@@H]([NH3+])C(=O)OCC1OC(n2cnc(C(N)=O)n2)[C@H](O)C1O. The van der Waals surface area contributed by atoms with Crippen LogP contribution in [0.3, 0.4) is 0 Å². The van der Waals surface area contributed by atoms with Crippen LogP contribution < -0.4 is 11.5 Å². The third-order valence-electron chi connectivity index (χ3n) is 3.12. The van der Waals surface area contributed by atoms with Gasteiger partial charge in [0.05, 0.1) is 0 Å². The van der Waals surface area contributed by atoms with Crippen LogP contribution >= 0.6 is 0 Å². The molecule has 1 amide bonds. The van der Waals surface area contributed by atoms with Gasteiger partial charge in [-0.1, -0.05) is 0 Å². The molecule has 2 heterocycles. The average molecular weight is 316 g/mol. The second-order valence-corrected chi connectivity index (χ2v) is 4.99. The Bertz CT molecular complexity index is 561. The fourth-order valence-electron chi connectivity index (χ4n) is 1.90. The summed E-state index contributed by atoms with van der Waals surface area (Å²) >= 11 is 0. The first kappa shape index (κ1) is 16.3. The Morgan fingerprint density at radius 1 is 1.55 bits per heavy atom. The number of aromatic nitrogens is 3. The maximum absolute atomic E-state index is 11.4. The van der Waals surface area contributed by atoms with Crippen LogP contribution in [0.25, 0.3) is 0 Å². The van der Waals surface area contributed by atoms with Crippen molar-refractivity contribution in [2.75, 3.05) is 6.61 Å². The fraction of sp³-hybridized carbons (Fsp3) is 0.636. The van der Waals surface area contributed by atoms with E-state index in [4.69, 9.17) is 15.2 Å². The molecule has 0 aromatic carbocycles. The summed E-state index contributed by atoms with van der Waals surface area (Å²) in [5.74, 6) is -1.63. The molecule has 122 valence electrons. The van der Waals surface area contributed by atoms with E-state index in [1.807, 2.05) is 0 Å². The molecule has 11 heteroatoms. The third kappa shape index (κ3) is 3.22. The van der Waals surface area contributed by atoms with E-state index in [2.05, 4.69) is 15.8 Å². The van der Waals surface area contributed by atoms with Gasteiger partial charge >= 0.3 is 5.97 Å². The minimum atomic E-state index is -1.33. The lowest BCUT2D eigenvalue weighted by atomic mass is 10.1. The summed E-state index contributed by atoms with van der Waals surface area (Å²) in [5.41, 5.74) is 8.54. The maximum atomic E-state index is 11.4. The number of nitrogens with two attached hydrogens (primary N) is 1. The molecule has 7 N–H and O–H groups in total. The second-order valence-electron chi connectivity index (χ2n) is 4.99. The normalized spacial score (nSPS) is 29.3. The predicted octanol–water partition coefficient (Wildman–Crippen LogP) is -3.83. The number of rotatable bonds is 5. The highest BCUT2D eigenvalue weighted by Gasteiger charge is 2.45. The number of primary amides is 1. The van der Waals surface area contributed by atoms with E-state index in [1.165, 1.54) is 0 Å². The zero-order valence-corrected chi connectivity index (χ0v) is 11.8. The van der Waals surface area contributed by atoms with Crippen molar-refractivity contribution in [3.8, 4) is 0 Å². The van der Waals surface area contributed by atoms with Crippen molar-refractivity contribution >= 4 is 11.9 Å². The van der Waals surface area contributed by atoms with Crippen LogP contribution in [0.2, 0.25) is 0 Å². The first-order valence-electron chi connectivity index (χ1n) is 6.53. The van der Waals surface area contributed by atoms with Crippen molar-refractivity contribution in [1.82, 2.24) is 14.8 Å². The molecule has 3 unspecified atom stereocenters. The van der Waals surface area contributed by atoms with Crippen LogP contribution in [0, 0.1) is 0 Å². The van der Waals surface area contributed by atoms with Gasteiger partial charge in [-0.15, -0.1) is 5.10 Å². The van der Waals surface area contributed by atoms with Crippen molar-refractivity contribution in [3.05, 3.63) is 12.2 Å². The molecule has 0 radical (unpaired) electrons. The van der Waals surface area contributed by atoms with Crippen LogP contribution in [0.1, 0.15) is 23.8 Å². The Labute approximate surface area is 124 Å². The third-order valence-corrected chi connectivity index (χ3v) is 3.12. The minimum absolute atomic E-state index is 0.244. The number of hydrogen-bond acceptors (Lipinski definition) is 8. The number of esters is 1. The Morgan fingerprint density at radius 3 is 2.77 bits per heavy atom. The number of nitrogens with zero attached hydrogens (tertiary/aromatic N) is 3. The summed E-state index contributed by atoms with van der Waals surface area (Å²) < 4.78 is 11.4. The van der Waals surface area contributed by atoms with E-state index in [9.17, 15) is 19.8 Å². The topological polar surface area (TPSA) is 177 Å². The number of ether oxygens (including phenoxy) is 2. The summed E-state index contributed by atoms with van der Waals surface area (Å²) in [4.78, 5) is 26.0. The van der Waals surface area contributed by atoms with Gasteiger partial charge in [0, 0.05) is 0 Å². The van der Waals surface area contributed by atoms with Gasteiger partial charge in [-0.3, -0.25) is 4.79 Å². The number of aliphatic hydroxyl groups is 2. The predicted molar refractivity (Wildman–Crippen MR) is 67.8 cm³/mol. The van der Waals surface area contributed by atoms with Crippen LogP contribution in [-0.4, -0.2) is 67.8 Å². The highest BCUT2D eigenvalue weighted by atomic mass is 16.6. The summed E-state index contributed by atoms with van der Waals surface area (Å²) in [6, 6.07) is -0.562. The van der Waals surface area contributed by atoms with Crippen LogP contribution in [0.15, 0.2) is 6.33 Å². The number of carbonyl (C=O) groups excluding carboxylic acids is 2. The smallest absolute Gasteiger partial charge is 0.364 e. The van der Waals surface area contributed by atoms with Crippen molar-refractivity contribution in [2.24, 2.45) is 5.73 Å². The lowest BCUT2D eigenvalue weighted by Crippen LogP contribution is -2.63. The average Bonchev–Trinajstić information content (AvgIpc) is 3.04. The summed E-state index contributed by atoms with van der Waals surface area (Å²) in [7, 11) is 0. The van der Waals surface area contributed by atoms with Crippen LogP contribution in [-0.2, 0) is 14.3 Å². The molecule has 5 atom stereocenters. The molecule has 1 saturated heterocycles. The van der Waals surface area contributed by atoms with E-state index >= 15 is 0 Å². The van der Waals surface area contributed by atoms with Gasteiger partial charge in [0.1, 0.15) is 31.2 Å². The van der Waals surface area contributed by atoms with Gasteiger partial charge in [-0.05, 0) is 6.92 Å². The van der Waals surface area contributed by atoms with Crippen molar-refractivity contribution in [2.45, 2.75) is 37.5 Å². The highest BCUT2D eigenvalue weighted by molar-refractivity contribution is 5.88. The zero-order valence-electron chi connectivity index (χ0n) is 11.8. The molecule has 0 saturated carbocycles. The van der Waals surface area contributed by atoms with Gasteiger partial charge in [0.25, 0.3) is 5.91 Å². The molecule has 0 spiro atoms. The van der Waals surface area contributed by atoms with Crippen molar-refractivity contribution in [3.63, 3.8) is 0 Å². The Kier molecular flexibility index (Phi) is 4.71. The van der Waals surface area contributed by atoms with Crippen LogP contribution in [0.4, 0.5) is 0 Å². The van der Waals surface area contributed by atoms with Crippen molar-refractivity contribution in [1.29, 1.82) is 0 Å². The largest absolute Gasteiger partial charge is 0.458 e. The highest BCUT2D eigenvalue weighted by Crippen LogP contribution is 2.28. The summed E-state index contributed by atoms with van der Waals surface area (Å²) in [6.07, 6.45) is -3.49. The monoisotopic (exact) mass is 316 g/mol. The van der Waals surface area contributed by atoms with Gasteiger partial charge < -0.3 is 31.2 Å². The minimum Gasteiger partial charge on any atom is -0.458 e.